The van der Waals surface area contributed by atoms with E-state index in [1.165, 1.54) is 45.1 Å². The van der Waals surface area contributed by atoms with Crippen LogP contribution in [0.2, 0.25) is 0 Å². The smallest absolute Gasteiger partial charge is 0.0697 e. The maximum atomic E-state index is 9.19. The predicted octanol–water partition coefficient (Wildman–Crippen LogP) is 1.40. The summed E-state index contributed by atoms with van der Waals surface area (Å²) in [5.74, 6) is 0.528. The summed E-state index contributed by atoms with van der Waals surface area (Å²) >= 11 is 0. The molecule has 3 aliphatic rings. The molecule has 3 rings (SSSR count). The molecule has 0 aromatic rings. The Balaban J connectivity index is 1.58. The molecule has 0 bridgehead atoms. The fourth-order valence-electron chi connectivity index (χ4n) is 3.58. The van der Waals surface area contributed by atoms with E-state index in [2.05, 4.69) is 4.90 Å². The summed E-state index contributed by atoms with van der Waals surface area (Å²) in [4.78, 5) is 2.60. The normalized spacial score (nSPS) is 38.8. The zero-order valence-electron chi connectivity index (χ0n) is 10.0. The van der Waals surface area contributed by atoms with Crippen LogP contribution in [0.3, 0.4) is 0 Å². The first-order valence-electron chi connectivity index (χ1n) is 6.80. The second-order valence-corrected chi connectivity index (χ2v) is 5.86. The average Bonchev–Trinajstić information content (AvgIpc) is 2.76. The molecule has 1 saturated carbocycles. The number of hydrogen-bond donors (Lipinski definition) is 1. The van der Waals surface area contributed by atoms with Crippen molar-refractivity contribution in [3.05, 3.63) is 0 Å². The van der Waals surface area contributed by atoms with Crippen molar-refractivity contribution in [1.29, 1.82) is 0 Å². The lowest BCUT2D eigenvalue weighted by Crippen LogP contribution is -2.51. The van der Waals surface area contributed by atoms with Gasteiger partial charge in [-0.15, -0.1) is 0 Å². The van der Waals surface area contributed by atoms with Gasteiger partial charge in [-0.3, -0.25) is 4.90 Å². The van der Waals surface area contributed by atoms with Crippen LogP contribution in [-0.2, 0) is 4.74 Å². The van der Waals surface area contributed by atoms with Gasteiger partial charge in [0.1, 0.15) is 0 Å². The van der Waals surface area contributed by atoms with Gasteiger partial charge in [-0.05, 0) is 51.0 Å². The van der Waals surface area contributed by atoms with E-state index in [1.807, 2.05) is 0 Å². The van der Waals surface area contributed by atoms with Crippen molar-refractivity contribution in [2.45, 2.75) is 50.2 Å². The maximum Gasteiger partial charge on any atom is 0.0697 e. The van der Waals surface area contributed by atoms with E-state index in [0.29, 0.717) is 12.5 Å². The first-order valence-corrected chi connectivity index (χ1v) is 6.80. The molecule has 2 atom stereocenters. The molecule has 1 N–H and O–H groups in total. The van der Waals surface area contributed by atoms with Crippen LogP contribution in [0.5, 0.6) is 0 Å². The number of rotatable bonds is 2. The molecule has 3 nitrogen and oxygen atoms in total. The monoisotopic (exact) mass is 225 g/mol. The molecule has 3 heteroatoms. The van der Waals surface area contributed by atoms with Crippen molar-refractivity contribution in [3.8, 4) is 0 Å². The minimum Gasteiger partial charge on any atom is -0.396 e. The molecule has 1 aliphatic carbocycles. The fraction of sp³-hybridized carbons (Fsp3) is 1.00. The van der Waals surface area contributed by atoms with Crippen LogP contribution in [0.15, 0.2) is 0 Å². The summed E-state index contributed by atoms with van der Waals surface area (Å²) in [6, 6.07) is 0.727. The van der Waals surface area contributed by atoms with Gasteiger partial charge < -0.3 is 9.84 Å². The molecular weight excluding hydrogens is 202 g/mol. The number of ether oxygens (including phenoxy) is 1. The quantitative estimate of drug-likeness (QED) is 0.771. The summed E-state index contributed by atoms with van der Waals surface area (Å²) in [7, 11) is 0. The Morgan fingerprint density at radius 2 is 2.19 bits per heavy atom. The molecule has 3 fully saturated rings. The minimum atomic E-state index is 0.264. The molecule has 92 valence electrons. The fourth-order valence-corrected chi connectivity index (χ4v) is 3.58. The lowest BCUT2D eigenvalue weighted by molar-refractivity contribution is -0.147. The molecule has 0 amide bonds. The highest BCUT2D eigenvalue weighted by Gasteiger charge is 2.44. The lowest BCUT2D eigenvalue weighted by Gasteiger charge is -2.49. The molecule has 2 saturated heterocycles. The minimum absolute atomic E-state index is 0.264. The third-order valence-corrected chi connectivity index (χ3v) is 4.82. The van der Waals surface area contributed by atoms with Gasteiger partial charge >= 0.3 is 0 Å². The van der Waals surface area contributed by atoms with Gasteiger partial charge in [-0.1, -0.05) is 0 Å². The maximum absolute atomic E-state index is 9.19. The van der Waals surface area contributed by atoms with E-state index in [4.69, 9.17) is 4.74 Å². The molecule has 1 spiro atoms. The third kappa shape index (κ3) is 1.89. The van der Waals surface area contributed by atoms with Crippen molar-refractivity contribution in [3.63, 3.8) is 0 Å². The first kappa shape index (κ1) is 11.0. The van der Waals surface area contributed by atoms with Crippen molar-refractivity contribution >= 4 is 0 Å². The summed E-state index contributed by atoms with van der Waals surface area (Å²) in [5, 5.41) is 9.19. The summed E-state index contributed by atoms with van der Waals surface area (Å²) < 4.78 is 5.97. The van der Waals surface area contributed by atoms with Crippen LogP contribution >= 0.6 is 0 Å². The molecule has 2 aliphatic heterocycles. The third-order valence-electron chi connectivity index (χ3n) is 4.82. The average molecular weight is 225 g/mol. The summed E-state index contributed by atoms with van der Waals surface area (Å²) in [5.41, 5.74) is 0.264. The van der Waals surface area contributed by atoms with E-state index in [9.17, 15) is 5.11 Å². The van der Waals surface area contributed by atoms with E-state index in [1.54, 1.807) is 0 Å². The van der Waals surface area contributed by atoms with Gasteiger partial charge in [0.2, 0.25) is 0 Å². The van der Waals surface area contributed by atoms with Crippen molar-refractivity contribution < 1.29 is 9.84 Å². The Bertz CT molecular complexity index is 252. The molecule has 0 aromatic carbocycles. The van der Waals surface area contributed by atoms with E-state index in [0.717, 1.165) is 19.2 Å². The number of likely N-dealkylation sites (tertiary alicyclic amines) is 1. The molecule has 0 aromatic heterocycles. The van der Waals surface area contributed by atoms with Crippen molar-refractivity contribution in [1.82, 2.24) is 4.90 Å². The van der Waals surface area contributed by atoms with Gasteiger partial charge in [0.05, 0.1) is 5.60 Å². The SMILES string of the molecule is OCC1CCN(C2CCOC3(CCC3)C2)C1. The predicted molar refractivity (Wildman–Crippen MR) is 62.3 cm³/mol. The lowest BCUT2D eigenvalue weighted by atomic mass is 9.73. The standard InChI is InChI=1S/C13H23NO2/c15-10-11-2-6-14(9-11)12-3-7-16-13(8-12)4-1-5-13/h11-12,15H,1-10H2. The van der Waals surface area contributed by atoms with Gasteiger partial charge in [0.15, 0.2) is 0 Å². The second kappa shape index (κ2) is 4.28. The van der Waals surface area contributed by atoms with Crippen LogP contribution < -0.4 is 0 Å². The largest absolute Gasteiger partial charge is 0.396 e. The highest BCUT2D eigenvalue weighted by atomic mass is 16.5. The van der Waals surface area contributed by atoms with Crippen LogP contribution in [0.25, 0.3) is 0 Å². The molecule has 2 heterocycles. The Morgan fingerprint density at radius 3 is 2.81 bits per heavy atom. The highest BCUT2D eigenvalue weighted by molar-refractivity contribution is 4.97. The van der Waals surface area contributed by atoms with Gasteiger partial charge in [0, 0.05) is 25.8 Å². The van der Waals surface area contributed by atoms with Crippen LogP contribution in [0.1, 0.15) is 38.5 Å². The molecule has 0 radical (unpaired) electrons. The molecular formula is C13H23NO2. The zero-order chi connectivity index (χ0) is 11.0. The number of aliphatic hydroxyl groups excluding tert-OH is 1. The van der Waals surface area contributed by atoms with Crippen LogP contribution in [0.4, 0.5) is 0 Å². The first-order chi connectivity index (χ1) is 7.81. The van der Waals surface area contributed by atoms with Crippen molar-refractivity contribution in [2.75, 3.05) is 26.3 Å². The van der Waals surface area contributed by atoms with Crippen LogP contribution in [0, 0.1) is 5.92 Å². The second-order valence-electron chi connectivity index (χ2n) is 5.86. The van der Waals surface area contributed by atoms with Crippen LogP contribution in [-0.4, -0.2) is 48.0 Å². The highest BCUT2D eigenvalue weighted by Crippen LogP contribution is 2.43. The van der Waals surface area contributed by atoms with E-state index in [-0.39, 0.29) is 5.60 Å². The Labute approximate surface area is 97.8 Å². The van der Waals surface area contributed by atoms with E-state index >= 15 is 0 Å². The number of aliphatic hydroxyl groups is 1. The number of nitrogens with zero attached hydrogens (tertiary/aromatic N) is 1. The molecule has 16 heavy (non-hydrogen) atoms. The number of hydrogen-bond acceptors (Lipinski definition) is 3. The van der Waals surface area contributed by atoms with Gasteiger partial charge in [-0.25, -0.2) is 0 Å². The summed E-state index contributed by atoms with van der Waals surface area (Å²) in [6.45, 7) is 3.61. The van der Waals surface area contributed by atoms with Gasteiger partial charge in [0.25, 0.3) is 0 Å². The summed E-state index contributed by atoms with van der Waals surface area (Å²) in [6.07, 6.45) is 7.53. The van der Waals surface area contributed by atoms with Crippen molar-refractivity contribution in [2.24, 2.45) is 5.92 Å². The topological polar surface area (TPSA) is 32.7 Å². The molecule has 2 unspecified atom stereocenters. The Morgan fingerprint density at radius 1 is 1.31 bits per heavy atom. The Kier molecular flexibility index (Phi) is 2.94. The Hall–Kier alpha value is -0.120. The van der Waals surface area contributed by atoms with E-state index < -0.39 is 0 Å². The van der Waals surface area contributed by atoms with Gasteiger partial charge in [-0.2, -0.15) is 0 Å². The zero-order valence-corrected chi connectivity index (χ0v) is 10.0.